The number of hydrogen-bond donors (Lipinski definition) is 4. The molecular weight excluding hydrogens is 300 g/mol. The summed E-state index contributed by atoms with van der Waals surface area (Å²) in [6.07, 6.45) is 10.2. The Balaban J connectivity index is 1.49. The van der Waals surface area contributed by atoms with Crippen LogP contribution in [0.3, 0.4) is 0 Å². The number of carbonyl (C=O) groups excluding carboxylic acids is 1. The SMILES string of the molecule is CC1=CC(NNC(=O)c2ccc(NNC3=CCC(C)=C3)cc2)=CC1. The highest BCUT2D eigenvalue weighted by Gasteiger charge is 2.07. The Kier molecular flexibility index (Phi) is 4.70. The van der Waals surface area contributed by atoms with Gasteiger partial charge >= 0.3 is 0 Å². The van der Waals surface area contributed by atoms with Crippen molar-refractivity contribution >= 4 is 11.6 Å². The number of carbonyl (C=O) groups is 1. The van der Waals surface area contributed by atoms with Gasteiger partial charge in [-0.25, -0.2) is 0 Å². The maximum atomic E-state index is 12.1. The molecule has 0 bridgehead atoms. The van der Waals surface area contributed by atoms with Gasteiger partial charge in [0.2, 0.25) is 0 Å². The second kappa shape index (κ2) is 7.08. The summed E-state index contributed by atoms with van der Waals surface area (Å²) in [5.41, 5.74) is 18.0. The molecule has 0 heterocycles. The third-order valence-corrected chi connectivity index (χ3v) is 3.91. The van der Waals surface area contributed by atoms with E-state index in [1.807, 2.05) is 24.3 Å². The van der Waals surface area contributed by atoms with Crippen LogP contribution in [0.5, 0.6) is 0 Å². The molecular formula is C19H22N4O. The van der Waals surface area contributed by atoms with E-state index in [0.717, 1.165) is 29.9 Å². The fourth-order valence-corrected chi connectivity index (χ4v) is 2.53. The van der Waals surface area contributed by atoms with Crippen molar-refractivity contribution in [2.24, 2.45) is 0 Å². The Bertz CT molecular complexity index is 754. The Morgan fingerprint density at radius 2 is 1.42 bits per heavy atom. The number of anilines is 1. The summed E-state index contributed by atoms with van der Waals surface area (Å²) in [5.74, 6) is -0.162. The number of nitrogens with one attached hydrogen (secondary N) is 4. The maximum absolute atomic E-state index is 12.1. The van der Waals surface area contributed by atoms with Gasteiger partial charge in [0.05, 0.1) is 17.1 Å². The van der Waals surface area contributed by atoms with E-state index in [0.29, 0.717) is 5.56 Å². The number of hydrazine groups is 2. The molecule has 0 spiro atoms. The van der Waals surface area contributed by atoms with Gasteiger partial charge in [-0.15, -0.1) is 0 Å². The van der Waals surface area contributed by atoms with E-state index in [-0.39, 0.29) is 5.91 Å². The molecule has 0 unspecified atom stereocenters. The van der Waals surface area contributed by atoms with Gasteiger partial charge < -0.3 is 10.9 Å². The molecule has 0 fully saturated rings. The largest absolute Gasteiger partial charge is 0.301 e. The van der Waals surface area contributed by atoms with Crippen molar-refractivity contribution in [3.63, 3.8) is 0 Å². The lowest BCUT2D eigenvalue weighted by Gasteiger charge is -2.11. The van der Waals surface area contributed by atoms with Crippen LogP contribution in [0.15, 0.2) is 71.1 Å². The Morgan fingerprint density at radius 3 is 1.96 bits per heavy atom. The van der Waals surface area contributed by atoms with Gasteiger partial charge in [-0.2, -0.15) is 0 Å². The van der Waals surface area contributed by atoms with E-state index in [4.69, 9.17) is 0 Å². The minimum atomic E-state index is -0.162. The van der Waals surface area contributed by atoms with Crippen LogP contribution in [0.4, 0.5) is 5.69 Å². The van der Waals surface area contributed by atoms with Gasteiger partial charge in [0, 0.05) is 5.56 Å². The Morgan fingerprint density at radius 1 is 0.833 bits per heavy atom. The van der Waals surface area contributed by atoms with Crippen LogP contribution in [0.1, 0.15) is 37.0 Å². The van der Waals surface area contributed by atoms with Crippen molar-refractivity contribution in [2.45, 2.75) is 26.7 Å². The van der Waals surface area contributed by atoms with Gasteiger partial charge in [0.1, 0.15) is 0 Å². The number of amides is 1. The van der Waals surface area contributed by atoms with E-state index in [2.05, 4.69) is 47.7 Å². The van der Waals surface area contributed by atoms with Crippen LogP contribution >= 0.6 is 0 Å². The lowest BCUT2D eigenvalue weighted by molar-refractivity contribution is 0.0939. The summed E-state index contributed by atoms with van der Waals surface area (Å²) < 4.78 is 0. The van der Waals surface area contributed by atoms with E-state index >= 15 is 0 Å². The second-order valence-electron chi connectivity index (χ2n) is 6.12. The first-order chi connectivity index (χ1) is 11.6. The van der Waals surface area contributed by atoms with Crippen molar-refractivity contribution in [3.05, 3.63) is 76.7 Å². The molecule has 124 valence electrons. The summed E-state index contributed by atoms with van der Waals surface area (Å²) in [6.45, 7) is 4.16. The van der Waals surface area contributed by atoms with Crippen LogP contribution in [-0.2, 0) is 0 Å². The molecule has 24 heavy (non-hydrogen) atoms. The van der Waals surface area contributed by atoms with Crippen LogP contribution < -0.4 is 21.7 Å². The molecule has 2 aliphatic rings. The van der Waals surface area contributed by atoms with Crippen molar-refractivity contribution in [1.82, 2.24) is 16.3 Å². The van der Waals surface area contributed by atoms with E-state index in [1.54, 1.807) is 12.1 Å². The minimum Gasteiger partial charge on any atom is -0.301 e. The molecule has 3 rings (SSSR count). The fraction of sp³-hybridized carbons (Fsp3) is 0.211. The minimum absolute atomic E-state index is 0.162. The molecule has 0 saturated carbocycles. The first kappa shape index (κ1) is 15.9. The van der Waals surface area contributed by atoms with Crippen LogP contribution in [0, 0.1) is 0 Å². The molecule has 0 radical (unpaired) electrons. The highest BCUT2D eigenvalue weighted by atomic mass is 16.2. The number of benzene rings is 1. The average molecular weight is 322 g/mol. The van der Waals surface area contributed by atoms with Gasteiger partial charge in [-0.05, 0) is 63.1 Å². The molecule has 0 aliphatic heterocycles. The Hall–Kier alpha value is -2.95. The van der Waals surface area contributed by atoms with Crippen LogP contribution in [-0.4, -0.2) is 5.91 Å². The predicted molar refractivity (Wildman–Crippen MR) is 96.7 cm³/mol. The quantitative estimate of drug-likeness (QED) is 0.607. The molecule has 0 saturated heterocycles. The van der Waals surface area contributed by atoms with E-state index < -0.39 is 0 Å². The van der Waals surface area contributed by atoms with E-state index in [9.17, 15) is 4.79 Å². The molecule has 0 aromatic heterocycles. The number of allylic oxidation sites excluding steroid dienone is 6. The number of hydrogen-bond acceptors (Lipinski definition) is 4. The average Bonchev–Trinajstić information content (AvgIpc) is 3.19. The lowest BCUT2D eigenvalue weighted by atomic mass is 10.2. The van der Waals surface area contributed by atoms with Crippen molar-refractivity contribution in [2.75, 3.05) is 5.43 Å². The summed E-state index contributed by atoms with van der Waals surface area (Å²) in [7, 11) is 0. The highest BCUT2D eigenvalue weighted by molar-refractivity contribution is 5.94. The third-order valence-electron chi connectivity index (χ3n) is 3.91. The van der Waals surface area contributed by atoms with Gasteiger partial charge in [-0.1, -0.05) is 23.3 Å². The van der Waals surface area contributed by atoms with E-state index in [1.165, 1.54) is 11.1 Å². The summed E-state index contributed by atoms with van der Waals surface area (Å²) in [6, 6.07) is 7.31. The smallest absolute Gasteiger partial charge is 0.269 e. The lowest BCUT2D eigenvalue weighted by Crippen LogP contribution is -2.36. The maximum Gasteiger partial charge on any atom is 0.269 e. The number of rotatable bonds is 6. The Labute approximate surface area is 142 Å². The summed E-state index contributed by atoms with van der Waals surface area (Å²) >= 11 is 0. The predicted octanol–water partition coefficient (Wildman–Crippen LogP) is 3.31. The van der Waals surface area contributed by atoms with Gasteiger partial charge in [0.25, 0.3) is 5.91 Å². The fourth-order valence-electron chi connectivity index (χ4n) is 2.53. The van der Waals surface area contributed by atoms with Crippen molar-refractivity contribution < 1.29 is 4.79 Å². The highest BCUT2D eigenvalue weighted by Crippen LogP contribution is 2.15. The van der Waals surface area contributed by atoms with Crippen LogP contribution in [0.2, 0.25) is 0 Å². The molecule has 4 N–H and O–H groups in total. The standard InChI is InChI=1S/C19H22N4O/c1-13-3-7-17(11-13)21-20-16-9-5-15(6-10-16)19(24)23-22-18-8-4-14(2)12-18/h5-12,20-22H,3-4H2,1-2H3,(H,23,24). The third kappa shape index (κ3) is 4.07. The second-order valence-corrected chi connectivity index (χ2v) is 6.12. The topological polar surface area (TPSA) is 65.2 Å². The molecule has 5 heteroatoms. The first-order valence-corrected chi connectivity index (χ1v) is 8.03. The van der Waals surface area contributed by atoms with Gasteiger partial charge in [0.15, 0.2) is 0 Å². The zero-order chi connectivity index (χ0) is 16.9. The summed E-state index contributed by atoms with van der Waals surface area (Å²) in [5, 5.41) is 0. The molecule has 2 aliphatic carbocycles. The molecule has 1 aromatic rings. The zero-order valence-electron chi connectivity index (χ0n) is 13.9. The molecule has 0 atom stereocenters. The molecule has 1 aromatic carbocycles. The summed E-state index contributed by atoms with van der Waals surface area (Å²) in [4.78, 5) is 12.1. The molecule has 5 nitrogen and oxygen atoms in total. The van der Waals surface area contributed by atoms with Crippen molar-refractivity contribution in [3.8, 4) is 0 Å². The monoisotopic (exact) mass is 322 g/mol. The zero-order valence-corrected chi connectivity index (χ0v) is 13.9. The van der Waals surface area contributed by atoms with Crippen molar-refractivity contribution in [1.29, 1.82) is 0 Å². The van der Waals surface area contributed by atoms with Gasteiger partial charge in [-0.3, -0.25) is 15.6 Å². The normalized spacial score (nSPS) is 15.9. The molecule has 1 amide bonds. The first-order valence-electron chi connectivity index (χ1n) is 8.03. The van der Waals surface area contributed by atoms with Crippen LogP contribution in [0.25, 0.3) is 0 Å².